The van der Waals surface area contributed by atoms with Crippen molar-refractivity contribution in [1.29, 1.82) is 0 Å². The molecule has 0 unspecified atom stereocenters. The highest BCUT2D eigenvalue weighted by atomic mass is 35.5. The zero-order valence-electron chi connectivity index (χ0n) is 12.9. The Kier molecular flexibility index (Phi) is 6.07. The van der Waals surface area contributed by atoms with E-state index in [1.165, 1.54) is 13.0 Å². The van der Waals surface area contributed by atoms with E-state index in [4.69, 9.17) is 40.5 Å². The van der Waals surface area contributed by atoms with Crippen LogP contribution in [-0.2, 0) is 0 Å². The highest BCUT2D eigenvalue weighted by Crippen LogP contribution is 2.39. The van der Waals surface area contributed by atoms with Gasteiger partial charge < -0.3 is 5.73 Å². The van der Waals surface area contributed by atoms with Gasteiger partial charge in [-0.2, -0.15) is 13.2 Å². The van der Waals surface area contributed by atoms with Crippen molar-refractivity contribution >= 4 is 63.4 Å². The smallest absolute Gasteiger partial charge is 0.365 e. The van der Waals surface area contributed by atoms with Crippen LogP contribution in [0.15, 0.2) is 24.3 Å². The summed E-state index contributed by atoms with van der Waals surface area (Å²) in [5, 5.41) is -0.454. The lowest BCUT2D eigenvalue weighted by Crippen LogP contribution is -2.12. The van der Waals surface area contributed by atoms with Crippen LogP contribution in [0.5, 0.6) is 0 Å². The molecule has 26 heavy (non-hydrogen) atoms. The summed E-state index contributed by atoms with van der Waals surface area (Å²) in [6.45, 7) is 1.53. The molecule has 3 nitrogen and oxygen atoms in total. The van der Waals surface area contributed by atoms with Gasteiger partial charge in [0.25, 0.3) is 5.91 Å². The summed E-state index contributed by atoms with van der Waals surface area (Å²) in [5.74, 6) is -1.69. The number of aryl methyl sites for hydroxylation is 1. The van der Waals surface area contributed by atoms with Crippen molar-refractivity contribution in [2.45, 2.75) is 13.1 Å². The van der Waals surface area contributed by atoms with E-state index in [0.717, 1.165) is 23.5 Å². The SMILES string of the molecule is Cc1cc(C(=O)/C=C(/c2cc(Cl)c(Cl)c(Cl)c2)C(F)(F)F)sc1C(N)=O. The Morgan fingerprint density at radius 1 is 1.12 bits per heavy atom. The van der Waals surface area contributed by atoms with E-state index in [-0.39, 0.29) is 24.8 Å². The Balaban J connectivity index is 2.56. The van der Waals surface area contributed by atoms with E-state index in [1.807, 2.05) is 0 Å². The molecule has 2 aromatic rings. The third kappa shape index (κ3) is 4.40. The monoisotopic (exact) mass is 441 g/mol. The maximum absolute atomic E-state index is 13.4. The third-order valence-electron chi connectivity index (χ3n) is 3.26. The molecule has 0 bridgehead atoms. The van der Waals surface area contributed by atoms with E-state index < -0.39 is 29.0 Å². The first-order valence-corrected chi connectivity index (χ1v) is 8.75. The van der Waals surface area contributed by atoms with Gasteiger partial charge in [0.2, 0.25) is 0 Å². The zero-order valence-corrected chi connectivity index (χ0v) is 16.0. The number of hydrogen-bond acceptors (Lipinski definition) is 3. The largest absolute Gasteiger partial charge is 0.417 e. The standard InChI is InChI=1S/C16H9Cl3F3NO2S/c1-6-2-12(26-14(6)15(23)25)11(24)5-8(16(20,21)22)7-3-9(17)13(19)10(18)4-7/h2-5H,1H3,(H2,23,25)/b8-5-. The average molecular weight is 443 g/mol. The van der Waals surface area contributed by atoms with Crippen molar-refractivity contribution in [3.63, 3.8) is 0 Å². The Hall–Kier alpha value is -1.54. The van der Waals surface area contributed by atoms with Gasteiger partial charge >= 0.3 is 6.18 Å². The minimum atomic E-state index is -4.85. The summed E-state index contributed by atoms with van der Waals surface area (Å²) in [7, 11) is 0. The van der Waals surface area contributed by atoms with Crippen molar-refractivity contribution < 1.29 is 22.8 Å². The number of carbonyl (C=O) groups excluding carboxylic acids is 2. The van der Waals surface area contributed by atoms with Gasteiger partial charge in [-0.3, -0.25) is 9.59 Å². The second-order valence-corrected chi connectivity index (χ2v) is 7.41. The van der Waals surface area contributed by atoms with Gasteiger partial charge in [-0.1, -0.05) is 34.8 Å². The molecular formula is C16H9Cl3F3NO2S. The predicted molar refractivity (Wildman–Crippen MR) is 97.4 cm³/mol. The van der Waals surface area contributed by atoms with Crippen molar-refractivity contribution in [3.05, 3.63) is 60.2 Å². The van der Waals surface area contributed by atoms with Gasteiger partial charge in [-0.05, 0) is 42.3 Å². The summed E-state index contributed by atoms with van der Waals surface area (Å²) in [4.78, 5) is 23.6. The molecular weight excluding hydrogens is 434 g/mol. The first-order chi connectivity index (χ1) is 11.9. The van der Waals surface area contributed by atoms with E-state index in [0.29, 0.717) is 11.6 Å². The average Bonchev–Trinajstić information content (AvgIpc) is 2.90. The van der Waals surface area contributed by atoms with Gasteiger partial charge in [0, 0.05) is 0 Å². The molecule has 0 saturated carbocycles. The van der Waals surface area contributed by atoms with Crippen LogP contribution in [0.1, 0.15) is 30.5 Å². The number of thiophene rings is 1. The quantitative estimate of drug-likeness (QED) is 0.362. The van der Waals surface area contributed by atoms with Crippen LogP contribution < -0.4 is 5.73 Å². The second kappa shape index (κ2) is 7.60. The van der Waals surface area contributed by atoms with E-state index in [9.17, 15) is 22.8 Å². The fourth-order valence-electron chi connectivity index (χ4n) is 2.09. The van der Waals surface area contributed by atoms with E-state index in [1.54, 1.807) is 0 Å². The minimum absolute atomic E-state index is 0.0517. The molecule has 1 aromatic carbocycles. The van der Waals surface area contributed by atoms with Gasteiger partial charge in [0.05, 0.1) is 30.4 Å². The highest BCUT2D eigenvalue weighted by Gasteiger charge is 2.36. The van der Waals surface area contributed by atoms with Crippen LogP contribution in [-0.4, -0.2) is 17.9 Å². The first kappa shape index (κ1) is 20.8. The molecule has 0 aliphatic heterocycles. The number of allylic oxidation sites excluding steroid dienone is 2. The molecule has 0 atom stereocenters. The molecule has 1 aromatic heterocycles. The number of hydrogen-bond donors (Lipinski definition) is 1. The zero-order chi connectivity index (χ0) is 19.8. The summed E-state index contributed by atoms with van der Waals surface area (Å²) in [6, 6.07) is 3.24. The Labute approximate surface area is 165 Å². The summed E-state index contributed by atoms with van der Waals surface area (Å²) in [6.07, 6.45) is -4.43. The number of primary amides is 1. The van der Waals surface area contributed by atoms with Crippen LogP contribution in [0.4, 0.5) is 13.2 Å². The molecule has 2 rings (SSSR count). The predicted octanol–water partition coefficient (Wildman–Crippen LogP) is 5.94. The van der Waals surface area contributed by atoms with Gasteiger partial charge in [0.15, 0.2) is 5.78 Å². The molecule has 2 N–H and O–H groups in total. The fourth-order valence-corrected chi connectivity index (χ4v) is 3.62. The molecule has 0 spiro atoms. The number of rotatable bonds is 4. The molecule has 0 aliphatic carbocycles. The number of benzene rings is 1. The van der Waals surface area contributed by atoms with Crippen molar-refractivity contribution in [2.75, 3.05) is 0 Å². The molecule has 10 heteroatoms. The molecule has 0 fully saturated rings. The molecule has 1 heterocycles. The second-order valence-electron chi connectivity index (χ2n) is 5.16. The summed E-state index contributed by atoms with van der Waals surface area (Å²) in [5.41, 5.74) is 3.92. The molecule has 0 saturated heterocycles. The maximum Gasteiger partial charge on any atom is 0.417 e. The Morgan fingerprint density at radius 3 is 2.08 bits per heavy atom. The summed E-state index contributed by atoms with van der Waals surface area (Å²) >= 11 is 18.0. The van der Waals surface area contributed by atoms with Gasteiger partial charge in [-0.25, -0.2) is 0 Å². The fraction of sp³-hybridized carbons (Fsp3) is 0.125. The van der Waals surface area contributed by atoms with Crippen molar-refractivity contribution in [3.8, 4) is 0 Å². The number of carbonyl (C=O) groups is 2. The Morgan fingerprint density at radius 2 is 1.65 bits per heavy atom. The van der Waals surface area contributed by atoms with Crippen LogP contribution in [0.3, 0.4) is 0 Å². The number of nitrogens with two attached hydrogens (primary N) is 1. The minimum Gasteiger partial charge on any atom is -0.365 e. The van der Waals surface area contributed by atoms with Crippen molar-refractivity contribution in [1.82, 2.24) is 0 Å². The number of amides is 1. The number of ketones is 1. The van der Waals surface area contributed by atoms with Crippen LogP contribution in [0, 0.1) is 6.92 Å². The first-order valence-electron chi connectivity index (χ1n) is 6.80. The van der Waals surface area contributed by atoms with E-state index >= 15 is 0 Å². The van der Waals surface area contributed by atoms with E-state index in [2.05, 4.69) is 0 Å². The van der Waals surface area contributed by atoms with Gasteiger partial charge in [-0.15, -0.1) is 11.3 Å². The highest BCUT2D eigenvalue weighted by molar-refractivity contribution is 7.16. The normalized spacial score (nSPS) is 12.3. The third-order valence-corrected chi connectivity index (χ3v) is 5.72. The topological polar surface area (TPSA) is 60.2 Å². The molecule has 0 aliphatic rings. The molecule has 1 amide bonds. The van der Waals surface area contributed by atoms with Crippen molar-refractivity contribution in [2.24, 2.45) is 5.73 Å². The maximum atomic E-state index is 13.4. The van der Waals surface area contributed by atoms with Crippen LogP contribution in [0.25, 0.3) is 5.57 Å². The Bertz CT molecular complexity index is 912. The lowest BCUT2D eigenvalue weighted by atomic mass is 10.0. The number of alkyl halides is 3. The molecule has 138 valence electrons. The van der Waals surface area contributed by atoms with Gasteiger partial charge in [0.1, 0.15) is 0 Å². The molecule has 0 radical (unpaired) electrons. The number of halogens is 6. The lowest BCUT2D eigenvalue weighted by Gasteiger charge is -2.13. The van der Waals surface area contributed by atoms with Crippen LogP contribution >= 0.6 is 46.1 Å². The summed E-state index contributed by atoms with van der Waals surface area (Å²) < 4.78 is 40.3. The van der Waals surface area contributed by atoms with Crippen LogP contribution in [0.2, 0.25) is 15.1 Å². The lowest BCUT2D eigenvalue weighted by molar-refractivity contribution is -0.0689.